The highest BCUT2D eigenvalue weighted by atomic mass is 32.1. The first-order valence-electron chi connectivity index (χ1n) is 8.90. The molecule has 5 nitrogen and oxygen atoms in total. The number of thiophene rings is 1. The summed E-state index contributed by atoms with van der Waals surface area (Å²) in [6, 6.07) is 7.55. The summed E-state index contributed by atoms with van der Waals surface area (Å²) in [4.78, 5) is 25.9. The van der Waals surface area contributed by atoms with E-state index in [9.17, 15) is 9.59 Å². The molecule has 0 saturated heterocycles. The second-order valence-electron chi connectivity index (χ2n) is 6.24. The Morgan fingerprint density at radius 2 is 1.96 bits per heavy atom. The Balaban J connectivity index is 1.74. The number of nitrogens with one attached hydrogen (secondary N) is 1. The maximum Gasteiger partial charge on any atom is 0.341 e. The number of carbonyl (C=O) groups is 2. The van der Waals surface area contributed by atoms with E-state index in [0.29, 0.717) is 22.9 Å². The molecule has 1 N–H and O–H groups in total. The molecule has 0 radical (unpaired) electrons. The van der Waals surface area contributed by atoms with Gasteiger partial charge in [-0.1, -0.05) is 18.2 Å². The smallest absolute Gasteiger partial charge is 0.341 e. The molecule has 26 heavy (non-hydrogen) atoms. The Labute approximate surface area is 157 Å². The van der Waals surface area contributed by atoms with Gasteiger partial charge in [-0.15, -0.1) is 11.3 Å². The lowest BCUT2D eigenvalue weighted by molar-refractivity contribution is -0.118. The Kier molecular flexibility index (Phi) is 5.93. The molecule has 1 heterocycles. The maximum atomic E-state index is 12.4. The van der Waals surface area contributed by atoms with E-state index in [1.54, 1.807) is 6.92 Å². The molecule has 0 bridgehead atoms. The molecule has 3 rings (SSSR count). The number of esters is 1. The van der Waals surface area contributed by atoms with E-state index in [-0.39, 0.29) is 18.5 Å². The van der Waals surface area contributed by atoms with E-state index in [2.05, 4.69) is 5.32 Å². The predicted molar refractivity (Wildman–Crippen MR) is 102 cm³/mol. The summed E-state index contributed by atoms with van der Waals surface area (Å²) >= 11 is 1.48. The zero-order valence-electron chi connectivity index (χ0n) is 15.1. The lowest BCUT2D eigenvalue weighted by atomic mass is 9.95. The Morgan fingerprint density at radius 3 is 2.73 bits per heavy atom. The van der Waals surface area contributed by atoms with Crippen molar-refractivity contribution in [3.63, 3.8) is 0 Å². The predicted octanol–water partition coefficient (Wildman–Crippen LogP) is 4.13. The summed E-state index contributed by atoms with van der Waals surface area (Å²) in [5.41, 5.74) is 2.53. The molecule has 6 heteroatoms. The van der Waals surface area contributed by atoms with Crippen molar-refractivity contribution in [1.82, 2.24) is 0 Å². The lowest BCUT2D eigenvalue weighted by Crippen LogP contribution is -2.21. The average Bonchev–Trinajstić information content (AvgIpc) is 2.99. The van der Waals surface area contributed by atoms with Crippen molar-refractivity contribution in [3.8, 4) is 5.75 Å². The van der Waals surface area contributed by atoms with Crippen molar-refractivity contribution in [2.24, 2.45) is 0 Å². The van der Waals surface area contributed by atoms with Gasteiger partial charge in [-0.2, -0.15) is 0 Å². The van der Waals surface area contributed by atoms with Crippen LogP contribution in [0.4, 0.5) is 5.00 Å². The summed E-state index contributed by atoms with van der Waals surface area (Å²) < 4.78 is 10.8. The molecule has 0 atom stereocenters. The molecule has 1 amide bonds. The third-order valence-corrected chi connectivity index (χ3v) is 5.56. The van der Waals surface area contributed by atoms with Crippen LogP contribution in [0, 0.1) is 6.92 Å². The van der Waals surface area contributed by atoms with Crippen LogP contribution in [0.25, 0.3) is 0 Å². The molecule has 0 spiro atoms. The van der Waals surface area contributed by atoms with Crippen LogP contribution in [-0.4, -0.2) is 25.1 Å². The van der Waals surface area contributed by atoms with Gasteiger partial charge in [-0.25, -0.2) is 4.79 Å². The van der Waals surface area contributed by atoms with Gasteiger partial charge in [0.15, 0.2) is 6.61 Å². The molecule has 138 valence electrons. The number of anilines is 1. The highest BCUT2D eigenvalue weighted by molar-refractivity contribution is 7.17. The van der Waals surface area contributed by atoms with Gasteiger partial charge in [0.2, 0.25) is 0 Å². The van der Waals surface area contributed by atoms with Gasteiger partial charge in [0, 0.05) is 4.88 Å². The van der Waals surface area contributed by atoms with E-state index in [4.69, 9.17) is 9.47 Å². The minimum Gasteiger partial charge on any atom is -0.483 e. The van der Waals surface area contributed by atoms with Crippen molar-refractivity contribution in [1.29, 1.82) is 0 Å². The van der Waals surface area contributed by atoms with Gasteiger partial charge in [-0.05, 0) is 56.7 Å². The van der Waals surface area contributed by atoms with Crippen molar-refractivity contribution in [2.45, 2.75) is 39.5 Å². The number of amides is 1. The van der Waals surface area contributed by atoms with Gasteiger partial charge in [0.1, 0.15) is 10.8 Å². The number of para-hydroxylation sites is 1. The second-order valence-corrected chi connectivity index (χ2v) is 7.34. The molecule has 2 aromatic rings. The third kappa shape index (κ3) is 4.07. The largest absolute Gasteiger partial charge is 0.483 e. The fourth-order valence-electron chi connectivity index (χ4n) is 3.10. The maximum absolute atomic E-state index is 12.4. The number of ether oxygens (including phenoxy) is 2. The van der Waals surface area contributed by atoms with Crippen LogP contribution in [0.1, 0.15) is 46.1 Å². The van der Waals surface area contributed by atoms with Crippen molar-refractivity contribution in [3.05, 3.63) is 45.8 Å². The number of hydrogen-bond acceptors (Lipinski definition) is 5. The summed E-state index contributed by atoms with van der Waals surface area (Å²) in [6.07, 6.45) is 3.97. The zero-order valence-corrected chi connectivity index (χ0v) is 15.9. The number of carbonyl (C=O) groups excluding carboxylic acids is 2. The molecule has 1 aromatic heterocycles. The van der Waals surface area contributed by atoms with Crippen LogP contribution in [0.3, 0.4) is 0 Å². The SMILES string of the molecule is CCOC(=O)c1c(NC(=O)COc2ccccc2C)sc2c1CCCC2. The summed E-state index contributed by atoms with van der Waals surface area (Å²) in [5.74, 6) is 0.0400. The third-order valence-electron chi connectivity index (χ3n) is 4.36. The Morgan fingerprint density at radius 1 is 1.19 bits per heavy atom. The van der Waals surface area contributed by atoms with Crippen LogP contribution in [-0.2, 0) is 22.4 Å². The molecule has 0 unspecified atom stereocenters. The number of aryl methyl sites for hydroxylation is 2. The average molecular weight is 373 g/mol. The molecular formula is C20H23NO4S. The topological polar surface area (TPSA) is 64.6 Å². The monoisotopic (exact) mass is 373 g/mol. The molecule has 1 aliphatic rings. The highest BCUT2D eigenvalue weighted by Gasteiger charge is 2.27. The van der Waals surface area contributed by atoms with E-state index < -0.39 is 0 Å². The fourth-order valence-corrected chi connectivity index (χ4v) is 4.39. The normalized spacial score (nSPS) is 13.0. The first-order chi connectivity index (χ1) is 12.6. The van der Waals surface area contributed by atoms with Crippen LogP contribution in [0.5, 0.6) is 5.75 Å². The van der Waals surface area contributed by atoms with Crippen LogP contribution < -0.4 is 10.1 Å². The van der Waals surface area contributed by atoms with Crippen molar-refractivity contribution in [2.75, 3.05) is 18.5 Å². The van der Waals surface area contributed by atoms with Crippen molar-refractivity contribution < 1.29 is 19.1 Å². The van der Waals surface area contributed by atoms with Crippen LogP contribution >= 0.6 is 11.3 Å². The summed E-state index contributed by atoms with van der Waals surface area (Å²) in [7, 11) is 0. The van der Waals surface area contributed by atoms with Gasteiger partial charge >= 0.3 is 5.97 Å². The molecule has 1 aromatic carbocycles. The quantitative estimate of drug-likeness (QED) is 0.773. The summed E-state index contributed by atoms with van der Waals surface area (Å²) in [6.45, 7) is 3.92. The van der Waals surface area contributed by atoms with Gasteiger partial charge in [-0.3, -0.25) is 4.79 Å². The first-order valence-corrected chi connectivity index (χ1v) is 9.71. The minimum atomic E-state index is -0.359. The van der Waals surface area contributed by atoms with E-state index in [0.717, 1.165) is 36.8 Å². The molecule has 0 aliphatic heterocycles. The molecular weight excluding hydrogens is 350 g/mol. The fraction of sp³-hybridized carbons (Fsp3) is 0.400. The Bertz CT molecular complexity index is 812. The second kappa shape index (κ2) is 8.36. The van der Waals surface area contributed by atoms with Gasteiger partial charge in [0.25, 0.3) is 5.91 Å². The van der Waals surface area contributed by atoms with Crippen molar-refractivity contribution >= 4 is 28.2 Å². The van der Waals surface area contributed by atoms with E-state index in [1.165, 1.54) is 16.2 Å². The van der Waals surface area contributed by atoms with Gasteiger partial charge in [0.05, 0.1) is 12.2 Å². The standard InChI is InChI=1S/C20H23NO4S/c1-3-24-20(23)18-14-9-5-7-11-16(14)26-19(18)21-17(22)12-25-15-10-6-4-8-13(15)2/h4,6,8,10H,3,5,7,9,11-12H2,1-2H3,(H,21,22). The first kappa shape index (κ1) is 18.5. The molecule has 0 saturated carbocycles. The van der Waals surface area contributed by atoms with Crippen LogP contribution in [0.2, 0.25) is 0 Å². The highest BCUT2D eigenvalue weighted by Crippen LogP contribution is 2.38. The zero-order chi connectivity index (χ0) is 18.5. The van der Waals surface area contributed by atoms with Gasteiger partial charge < -0.3 is 14.8 Å². The van der Waals surface area contributed by atoms with E-state index in [1.807, 2.05) is 31.2 Å². The van der Waals surface area contributed by atoms with Crippen LogP contribution in [0.15, 0.2) is 24.3 Å². The Hall–Kier alpha value is -2.34. The number of hydrogen-bond donors (Lipinski definition) is 1. The minimum absolute atomic E-state index is 0.102. The number of fused-ring (bicyclic) bond motifs is 1. The number of rotatable bonds is 6. The molecule has 1 aliphatic carbocycles. The number of benzene rings is 1. The van der Waals surface area contributed by atoms with E-state index >= 15 is 0 Å². The lowest BCUT2D eigenvalue weighted by Gasteiger charge is -2.12. The molecule has 0 fully saturated rings. The summed E-state index contributed by atoms with van der Waals surface area (Å²) in [5, 5.41) is 3.43.